The molecule has 0 amide bonds. The summed E-state index contributed by atoms with van der Waals surface area (Å²) in [6, 6.07) is 10.5. The number of allylic oxidation sites excluding steroid dienone is 1. The van der Waals surface area contributed by atoms with Gasteiger partial charge < -0.3 is 5.73 Å². The highest BCUT2D eigenvalue weighted by Gasteiger charge is 2.17. The van der Waals surface area contributed by atoms with Crippen LogP contribution in [0.5, 0.6) is 0 Å². The maximum absolute atomic E-state index is 5.87. The molecule has 0 bridgehead atoms. The third-order valence-electron chi connectivity index (χ3n) is 3.11. The average molecular weight is 203 g/mol. The molecule has 1 heteroatoms. The van der Waals surface area contributed by atoms with Crippen LogP contribution < -0.4 is 5.73 Å². The zero-order chi connectivity index (χ0) is 11.3. The molecule has 0 heterocycles. The standard InChI is InChI=1S/C14H21N/c1-4-11(2)14(12(3)15)10-13-8-6-5-7-9-13/h5-9,11,14H,3-4,10,15H2,1-2H3. The second-order valence-corrected chi connectivity index (χ2v) is 4.26. The summed E-state index contributed by atoms with van der Waals surface area (Å²) in [5.41, 5.74) is 8.02. The van der Waals surface area contributed by atoms with Crippen molar-refractivity contribution in [1.82, 2.24) is 0 Å². The second kappa shape index (κ2) is 5.59. The first-order valence-corrected chi connectivity index (χ1v) is 5.63. The summed E-state index contributed by atoms with van der Waals surface area (Å²) < 4.78 is 0. The number of hydrogen-bond donors (Lipinski definition) is 1. The molecule has 2 unspecified atom stereocenters. The van der Waals surface area contributed by atoms with E-state index in [9.17, 15) is 0 Å². The predicted molar refractivity (Wildman–Crippen MR) is 66.4 cm³/mol. The van der Waals surface area contributed by atoms with E-state index in [0.29, 0.717) is 11.8 Å². The Morgan fingerprint density at radius 2 is 1.93 bits per heavy atom. The maximum Gasteiger partial charge on any atom is 0.00450 e. The molecule has 0 radical (unpaired) electrons. The largest absolute Gasteiger partial charge is 0.402 e. The van der Waals surface area contributed by atoms with Gasteiger partial charge in [0.05, 0.1) is 0 Å². The fourth-order valence-electron chi connectivity index (χ4n) is 1.85. The fourth-order valence-corrected chi connectivity index (χ4v) is 1.85. The zero-order valence-corrected chi connectivity index (χ0v) is 9.74. The fraction of sp³-hybridized carbons (Fsp3) is 0.429. The van der Waals surface area contributed by atoms with Crippen LogP contribution >= 0.6 is 0 Å². The summed E-state index contributed by atoms with van der Waals surface area (Å²) >= 11 is 0. The Morgan fingerprint density at radius 3 is 2.40 bits per heavy atom. The van der Waals surface area contributed by atoms with Crippen molar-refractivity contribution in [1.29, 1.82) is 0 Å². The second-order valence-electron chi connectivity index (χ2n) is 4.26. The summed E-state index contributed by atoms with van der Waals surface area (Å²) in [7, 11) is 0. The smallest absolute Gasteiger partial charge is 0.00450 e. The summed E-state index contributed by atoms with van der Waals surface area (Å²) in [6.45, 7) is 8.34. The molecule has 82 valence electrons. The first kappa shape index (κ1) is 11.8. The molecule has 0 aliphatic carbocycles. The van der Waals surface area contributed by atoms with Crippen LogP contribution in [-0.2, 0) is 6.42 Å². The molecule has 2 atom stereocenters. The Morgan fingerprint density at radius 1 is 1.33 bits per heavy atom. The van der Waals surface area contributed by atoms with Crippen LogP contribution in [0.25, 0.3) is 0 Å². The lowest BCUT2D eigenvalue weighted by molar-refractivity contribution is 0.393. The molecule has 0 aliphatic rings. The van der Waals surface area contributed by atoms with Crippen LogP contribution in [-0.4, -0.2) is 0 Å². The van der Waals surface area contributed by atoms with Gasteiger partial charge in [-0.1, -0.05) is 57.2 Å². The van der Waals surface area contributed by atoms with Gasteiger partial charge in [0, 0.05) is 11.6 Å². The van der Waals surface area contributed by atoms with Crippen molar-refractivity contribution in [2.24, 2.45) is 17.6 Å². The SMILES string of the molecule is C=C(N)C(Cc1ccccc1)C(C)CC. The third-order valence-corrected chi connectivity index (χ3v) is 3.11. The molecule has 0 aromatic heterocycles. The van der Waals surface area contributed by atoms with Crippen LogP contribution in [0.15, 0.2) is 42.6 Å². The minimum Gasteiger partial charge on any atom is -0.402 e. The van der Waals surface area contributed by atoms with E-state index in [-0.39, 0.29) is 0 Å². The van der Waals surface area contributed by atoms with E-state index < -0.39 is 0 Å². The van der Waals surface area contributed by atoms with Crippen molar-refractivity contribution in [3.05, 3.63) is 48.2 Å². The highest BCUT2D eigenvalue weighted by molar-refractivity contribution is 5.17. The summed E-state index contributed by atoms with van der Waals surface area (Å²) in [4.78, 5) is 0. The predicted octanol–water partition coefficient (Wildman–Crippen LogP) is 3.36. The van der Waals surface area contributed by atoms with Gasteiger partial charge >= 0.3 is 0 Å². The monoisotopic (exact) mass is 203 g/mol. The minimum absolute atomic E-state index is 0.400. The Kier molecular flexibility index (Phi) is 4.41. The van der Waals surface area contributed by atoms with Gasteiger partial charge in [0.2, 0.25) is 0 Å². The Labute approximate surface area is 93.0 Å². The molecular formula is C14H21N. The molecule has 0 saturated carbocycles. The van der Waals surface area contributed by atoms with Gasteiger partial charge in [-0.15, -0.1) is 0 Å². The van der Waals surface area contributed by atoms with Crippen molar-refractivity contribution in [2.75, 3.05) is 0 Å². The van der Waals surface area contributed by atoms with E-state index >= 15 is 0 Å². The van der Waals surface area contributed by atoms with Crippen molar-refractivity contribution < 1.29 is 0 Å². The quantitative estimate of drug-likeness (QED) is 0.780. The highest BCUT2D eigenvalue weighted by Crippen LogP contribution is 2.23. The van der Waals surface area contributed by atoms with Gasteiger partial charge in [-0.25, -0.2) is 0 Å². The van der Waals surface area contributed by atoms with E-state index in [1.807, 2.05) is 6.07 Å². The molecule has 1 aromatic carbocycles. The zero-order valence-electron chi connectivity index (χ0n) is 9.74. The molecule has 1 aromatic rings. The molecule has 1 rings (SSSR count). The molecule has 0 aliphatic heterocycles. The Hall–Kier alpha value is -1.24. The molecular weight excluding hydrogens is 182 g/mol. The van der Waals surface area contributed by atoms with Gasteiger partial charge in [-0.2, -0.15) is 0 Å². The van der Waals surface area contributed by atoms with Gasteiger partial charge in [0.25, 0.3) is 0 Å². The van der Waals surface area contributed by atoms with Gasteiger partial charge in [0.1, 0.15) is 0 Å². The van der Waals surface area contributed by atoms with Crippen LogP contribution in [0.4, 0.5) is 0 Å². The average Bonchev–Trinajstić information content (AvgIpc) is 2.26. The molecule has 0 spiro atoms. The first-order chi connectivity index (χ1) is 7.15. The Bertz CT molecular complexity index is 302. The van der Waals surface area contributed by atoms with Crippen LogP contribution in [0.3, 0.4) is 0 Å². The van der Waals surface area contributed by atoms with E-state index in [1.165, 1.54) is 5.56 Å². The van der Waals surface area contributed by atoms with Crippen LogP contribution in [0.2, 0.25) is 0 Å². The lowest BCUT2D eigenvalue weighted by Gasteiger charge is -2.23. The molecule has 15 heavy (non-hydrogen) atoms. The topological polar surface area (TPSA) is 26.0 Å². The van der Waals surface area contributed by atoms with Crippen molar-refractivity contribution in [2.45, 2.75) is 26.7 Å². The lowest BCUT2D eigenvalue weighted by atomic mass is 9.84. The summed E-state index contributed by atoms with van der Waals surface area (Å²) in [5, 5.41) is 0. The van der Waals surface area contributed by atoms with Crippen molar-refractivity contribution in [3.8, 4) is 0 Å². The van der Waals surface area contributed by atoms with Crippen molar-refractivity contribution in [3.63, 3.8) is 0 Å². The Balaban J connectivity index is 2.71. The van der Waals surface area contributed by atoms with E-state index in [0.717, 1.165) is 18.5 Å². The highest BCUT2D eigenvalue weighted by atomic mass is 14.6. The number of rotatable bonds is 5. The number of hydrogen-bond acceptors (Lipinski definition) is 1. The normalized spacial score (nSPS) is 14.5. The number of benzene rings is 1. The van der Waals surface area contributed by atoms with Crippen LogP contribution in [0.1, 0.15) is 25.8 Å². The van der Waals surface area contributed by atoms with Gasteiger partial charge in [0.15, 0.2) is 0 Å². The third kappa shape index (κ3) is 3.43. The van der Waals surface area contributed by atoms with Crippen LogP contribution in [0, 0.1) is 11.8 Å². The van der Waals surface area contributed by atoms with Gasteiger partial charge in [-0.05, 0) is 17.9 Å². The molecule has 0 fully saturated rings. The molecule has 2 N–H and O–H groups in total. The van der Waals surface area contributed by atoms with E-state index in [2.05, 4.69) is 44.7 Å². The maximum atomic E-state index is 5.87. The lowest BCUT2D eigenvalue weighted by Crippen LogP contribution is -2.20. The first-order valence-electron chi connectivity index (χ1n) is 5.63. The molecule has 0 saturated heterocycles. The minimum atomic E-state index is 0.400. The van der Waals surface area contributed by atoms with E-state index in [4.69, 9.17) is 5.73 Å². The summed E-state index contributed by atoms with van der Waals surface area (Å²) in [6.07, 6.45) is 2.15. The van der Waals surface area contributed by atoms with E-state index in [1.54, 1.807) is 0 Å². The number of nitrogens with two attached hydrogens (primary N) is 1. The molecule has 1 nitrogen and oxygen atoms in total. The van der Waals surface area contributed by atoms with Crippen molar-refractivity contribution >= 4 is 0 Å². The van der Waals surface area contributed by atoms with Gasteiger partial charge in [-0.3, -0.25) is 0 Å². The summed E-state index contributed by atoms with van der Waals surface area (Å²) in [5.74, 6) is 1.00.